The Labute approximate surface area is 119 Å². The third-order valence-corrected chi connectivity index (χ3v) is 3.98. The van der Waals surface area contributed by atoms with Crippen molar-refractivity contribution in [2.75, 3.05) is 12.4 Å². The number of carbonyl (C=O) groups is 1. The number of aromatic nitrogens is 1. The number of esters is 1. The van der Waals surface area contributed by atoms with Gasteiger partial charge in [0.25, 0.3) is 0 Å². The Balaban J connectivity index is 2.22. The second-order valence-corrected chi connectivity index (χ2v) is 6.15. The molecule has 3 N–H and O–H groups in total. The summed E-state index contributed by atoms with van der Waals surface area (Å²) in [5.41, 5.74) is 0.685. The van der Waals surface area contributed by atoms with E-state index < -0.39 is 16.0 Å². The number of methoxy groups -OCH3 is 1. The highest BCUT2D eigenvalue weighted by atomic mass is 32.2. The van der Waals surface area contributed by atoms with E-state index in [9.17, 15) is 13.2 Å². The molecule has 1 heterocycles. The number of carbonyl (C=O) groups excluding carboxylic acids is 1. The predicted octanol–water partition coefficient (Wildman–Crippen LogP) is 1.32. The molecule has 0 fully saturated rings. The van der Waals surface area contributed by atoms with E-state index in [1.165, 1.54) is 36.0 Å². The number of nitrogens with one attached hydrogen (secondary N) is 1. The highest BCUT2D eigenvalue weighted by Gasteiger charge is 2.12. The summed E-state index contributed by atoms with van der Waals surface area (Å²) in [5, 5.41) is 9.93. The van der Waals surface area contributed by atoms with Gasteiger partial charge in [-0.25, -0.2) is 23.3 Å². The number of anilines is 2. The molecule has 0 unspecified atom stereocenters. The molecule has 0 spiro atoms. The monoisotopic (exact) mass is 313 g/mol. The van der Waals surface area contributed by atoms with Crippen LogP contribution in [-0.2, 0) is 14.8 Å². The number of hydrogen-bond acceptors (Lipinski definition) is 7. The summed E-state index contributed by atoms with van der Waals surface area (Å²) in [6.07, 6.45) is 0. The molecule has 0 radical (unpaired) electrons. The van der Waals surface area contributed by atoms with Crippen molar-refractivity contribution in [3.05, 3.63) is 35.3 Å². The van der Waals surface area contributed by atoms with Crippen LogP contribution in [0.4, 0.5) is 10.8 Å². The fraction of sp³-hybridized carbons (Fsp3) is 0.0909. The lowest BCUT2D eigenvalue weighted by Crippen LogP contribution is -2.12. The molecule has 2 aromatic rings. The zero-order valence-corrected chi connectivity index (χ0v) is 12.0. The van der Waals surface area contributed by atoms with E-state index in [2.05, 4.69) is 15.0 Å². The number of rotatable bonds is 4. The summed E-state index contributed by atoms with van der Waals surface area (Å²) < 4.78 is 27.0. The van der Waals surface area contributed by atoms with Crippen molar-refractivity contribution in [2.24, 2.45) is 5.14 Å². The maximum absolute atomic E-state index is 11.3. The molecule has 9 heteroatoms. The van der Waals surface area contributed by atoms with Gasteiger partial charge in [0.1, 0.15) is 0 Å². The van der Waals surface area contributed by atoms with Crippen LogP contribution >= 0.6 is 11.3 Å². The molecular weight excluding hydrogens is 302 g/mol. The summed E-state index contributed by atoms with van der Waals surface area (Å²) in [4.78, 5) is 15.3. The maximum atomic E-state index is 11.3. The first-order chi connectivity index (χ1) is 9.40. The van der Waals surface area contributed by atoms with E-state index in [4.69, 9.17) is 5.14 Å². The molecule has 0 atom stereocenters. The van der Waals surface area contributed by atoms with Crippen molar-refractivity contribution in [1.82, 2.24) is 4.98 Å². The molecule has 0 amide bonds. The minimum Gasteiger partial charge on any atom is -0.464 e. The molecule has 0 aliphatic heterocycles. The lowest BCUT2D eigenvalue weighted by molar-refractivity contribution is 0.0595. The van der Waals surface area contributed by atoms with E-state index in [0.29, 0.717) is 10.8 Å². The molecule has 20 heavy (non-hydrogen) atoms. The number of ether oxygens (including phenoxy) is 1. The minimum atomic E-state index is -3.76. The lowest BCUT2D eigenvalue weighted by Gasteiger charge is -2.04. The van der Waals surface area contributed by atoms with Crippen LogP contribution in [0.15, 0.2) is 34.5 Å². The summed E-state index contributed by atoms with van der Waals surface area (Å²) in [5.74, 6) is -0.535. The SMILES string of the molecule is COC(=O)c1csc(Nc2cccc(S(N)(=O)=O)c2)n1. The van der Waals surface area contributed by atoms with Gasteiger partial charge in [-0.15, -0.1) is 11.3 Å². The van der Waals surface area contributed by atoms with Crippen molar-refractivity contribution in [1.29, 1.82) is 0 Å². The number of hydrogen-bond donors (Lipinski definition) is 2. The van der Waals surface area contributed by atoms with Gasteiger partial charge in [-0.3, -0.25) is 0 Å². The van der Waals surface area contributed by atoms with E-state index in [1.807, 2.05) is 0 Å². The average molecular weight is 313 g/mol. The molecule has 0 saturated carbocycles. The van der Waals surface area contributed by atoms with Gasteiger partial charge in [0.15, 0.2) is 10.8 Å². The third kappa shape index (κ3) is 3.32. The standard InChI is InChI=1S/C11H11N3O4S2/c1-18-10(15)9-6-19-11(14-9)13-7-3-2-4-8(5-7)20(12,16)17/h2-6H,1H3,(H,13,14)(H2,12,16,17). The van der Waals surface area contributed by atoms with Gasteiger partial charge < -0.3 is 10.1 Å². The van der Waals surface area contributed by atoms with Crippen molar-refractivity contribution < 1.29 is 17.9 Å². The smallest absolute Gasteiger partial charge is 0.357 e. The number of nitrogens with two attached hydrogens (primary N) is 1. The van der Waals surface area contributed by atoms with Gasteiger partial charge in [0.05, 0.1) is 12.0 Å². The molecule has 1 aromatic carbocycles. The zero-order valence-electron chi connectivity index (χ0n) is 10.4. The Morgan fingerprint density at radius 2 is 2.20 bits per heavy atom. The maximum Gasteiger partial charge on any atom is 0.357 e. The molecule has 1 aromatic heterocycles. The van der Waals surface area contributed by atoms with E-state index in [1.54, 1.807) is 12.1 Å². The quantitative estimate of drug-likeness (QED) is 0.823. The van der Waals surface area contributed by atoms with Gasteiger partial charge in [0, 0.05) is 11.1 Å². The van der Waals surface area contributed by atoms with Gasteiger partial charge in [-0.05, 0) is 18.2 Å². The third-order valence-electron chi connectivity index (χ3n) is 2.31. The zero-order chi connectivity index (χ0) is 14.8. The van der Waals surface area contributed by atoms with Crippen LogP contribution in [0.5, 0.6) is 0 Å². The fourth-order valence-electron chi connectivity index (χ4n) is 1.40. The van der Waals surface area contributed by atoms with Crippen molar-refractivity contribution in [3.63, 3.8) is 0 Å². The lowest BCUT2D eigenvalue weighted by atomic mass is 10.3. The second-order valence-electron chi connectivity index (χ2n) is 3.73. The van der Waals surface area contributed by atoms with Gasteiger partial charge >= 0.3 is 5.97 Å². The number of primary sulfonamides is 1. The Morgan fingerprint density at radius 1 is 1.45 bits per heavy atom. The normalized spacial score (nSPS) is 11.1. The van der Waals surface area contributed by atoms with Crippen LogP contribution < -0.4 is 10.5 Å². The number of sulfonamides is 1. The van der Waals surface area contributed by atoms with Crippen LogP contribution in [0.25, 0.3) is 0 Å². The van der Waals surface area contributed by atoms with Crippen LogP contribution in [0.2, 0.25) is 0 Å². The molecule has 2 rings (SSSR count). The first kappa shape index (κ1) is 14.4. The van der Waals surface area contributed by atoms with Gasteiger partial charge in [0.2, 0.25) is 10.0 Å². The van der Waals surface area contributed by atoms with Crippen molar-refractivity contribution in [2.45, 2.75) is 4.90 Å². The second kappa shape index (κ2) is 5.57. The Morgan fingerprint density at radius 3 is 2.85 bits per heavy atom. The predicted molar refractivity (Wildman–Crippen MR) is 74.6 cm³/mol. The molecule has 7 nitrogen and oxygen atoms in total. The molecule has 0 saturated heterocycles. The highest BCUT2D eigenvalue weighted by Crippen LogP contribution is 2.22. The average Bonchev–Trinajstić information content (AvgIpc) is 2.85. The minimum absolute atomic E-state index is 0.00718. The molecule has 0 aliphatic carbocycles. The van der Waals surface area contributed by atoms with Crippen molar-refractivity contribution in [3.8, 4) is 0 Å². The topological polar surface area (TPSA) is 111 Å². The first-order valence-corrected chi connectivity index (χ1v) is 7.76. The number of thiazole rings is 1. The summed E-state index contributed by atoms with van der Waals surface area (Å²) in [7, 11) is -2.49. The Kier molecular flexibility index (Phi) is 4.02. The van der Waals surface area contributed by atoms with Crippen LogP contribution in [0.3, 0.4) is 0 Å². The summed E-state index contributed by atoms with van der Waals surface area (Å²) in [6, 6.07) is 5.99. The molecule has 0 bridgehead atoms. The first-order valence-electron chi connectivity index (χ1n) is 5.34. The van der Waals surface area contributed by atoms with Crippen LogP contribution in [-0.4, -0.2) is 26.5 Å². The van der Waals surface area contributed by atoms with Gasteiger partial charge in [-0.2, -0.15) is 0 Å². The number of nitrogens with zero attached hydrogens (tertiary/aromatic N) is 1. The summed E-state index contributed by atoms with van der Waals surface area (Å²) in [6.45, 7) is 0. The summed E-state index contributed by atoms with van der Waals surface area (Å²) >= 11 is 1.20. The molecular formula is C11H11N3O4S2. The van der Waals surface area contributed by atoms with Crippen LogP contribution in [0, 0.1) is 0 Å². The van der Waals surface area contributed by atoms with Gasteiger partial charge in [-0.1, -0.05) is 6.07 Å². The van der Waals surface area contributed by atoms with Crippen molar-refractivity contribution >= 4 is 38.1 Å². The van der Waals surface area contributed by atoms with E-state index in [-0.39, 0.29) is 10.6 Å². The molecule has 106 valence electrons. The largest absolute Gasteiger partial charge is 0.464 e. The Bertz CT molecular complexity index is 740. The Hall–Kier alpha value is -1.97. The van der Waals surface area contributed by atoms with Crippen LogP contribution in [0.1, 0.15) is 10.5 Å². The highest BCUT2D eigenvalue weighted by molar-refractivity contribution is 7.89. The van der Waals surface area contributed by atoms with E-state index in [0.717, 1.165) is 0 Å². The van der Waals surface area contributed by atoms with E-state index >= 15 is 0 Å². The molecule has 0 aliphatic rings. The fourth-order valence-corrected chi connectivity index (χ4v) is 2.66. The number of benzene rings is 1.